The summed E-state index contributed by atoms with van der Waals surface area (Å²) in [5.41, 5.74) is 4.04. The zero-order valence-electron chi connectivity index (χ0n) is 11.3. The average molecular weight is 313 g/mol. The quantitative estimate of drug-likeness (QED) is 0.433. The Kier molecular flexibility index (Phi) is 4.70. The molecule has 2 rings (SSSR count). The highest BCUT2D eigenvalue weighted by Gasteiger charge is 2.34. The number of carbonyl (C=O) groups excluding carboxylic acids is 2. The third-order valence-corrected chi connectivity index (χ3v) is 3.00. The summed E-state index contributed by atoms with van der Waals surface area (Å²) in [5.74, 6) is -0.0859. The largest absolute Gasteiger partial charge is 0.394 e. The number of nitrogens with one attached hydrogen (secondary N) is 2. The lowest BCUT2D eigenvalue weighted by Gasteiger charge is -2.14. The van der Waals surface area contributed by atoms with Crippen LogP contribution >= 0.6 is 0 Å². The Morgan fingerprint density at radius 1 is 1.55 bits per heavy atom. The van der Waals surface area contributed by atoms with Gasteiger partial charge in [-0.25, -0.2) is 14.4 Å². The van der Waals surface area contributed by atoms with Gasteiger partial charge in [0.15, 0.2) is 0 Å². The predicted molar refractivity (Wildman–Crippen MR) is 71.9 cm³/mol. The fourth-order valence-electron chi connectivity index (χ4n) is 2.01. The van der Waals surface area contributed by atoms with Crippen molar-refractivity contribution in [1.82, 2.24) is 14.9 Å². The van der Waals surface area contributed by atoms with Crippen molar-refractivity contribution in [2.45, 2.75) is 24.9 Å². The maximum Gasteiger partial charge on any atom is 0.351 e. The van der Waals surface area contributed by atoms with Crippen molar-refractivity contribution >= 4 is 17.9 Å². The second-order valence-corrected chi connectivity index (χ2v) is 4.56. The van der Waals surface area contributed by atoms with Crippen LogP contribution in [-0.2, 0) is 4.74 Å². The summed E-state index contributed by atoms with van der Waals surface area (Å²) in [6.45, 7) is -0.368. The molecule has 11 heteroatoms. The first kappa shape index (κ1) is 15.9. The van der Waals surface area contributed by atoms with E-state index in [1.165, 1.54) is 12.3 Å². The van der Waals surface area contributed by atoms with Crippen LogP contribution in [0.5, 0.6) is 0 Å². The number of hydrogen-bond donors (Lipinski definition) is 5. The number of amides is 4. The average Bonchev–Trinajstić information content (AvgIpc) is 2.78. The lowest BCUT2D eigenvalue weighted by molar-refractivity contribution is -0.0458. The summed E-state index contributed by atoms with van der Waals surface area (Å²) in [6, 6.07) is -0.663. The van der Waals surface area contributed by atoms with Gasteiger partial charge in [-0.15, -0.1) is 0 Å². The van der Waals surface area contributed by atoms with E-state index in [9.17, 15) is 19.5 Å². The summed E-state index contributed by atoms with van der Waals surface area (Å²) in [5, 5.41) is 22.6. The molecule has 1 aromatic heterocycles. The van der Waals surface area contributed by atoms with E-state index < -0.39 is 36.2 Å². The van der Waals surface area contributed by atoms with Crippen LogP contribution in [0.4, 0.5) is 15.4 Å². The molecule has 1 aliphatic heterocycles. The van der Waals surface area contributed by atoms with Crippen LogP contribution in [0, 0.1) is 0 Å². The number of nitrogens with zero attached hydrogens (tertiary/aromatic N) is 2. The number of aliphatic hydroxyl groups is 2. The van der Waals surface area contributed by atoms with Crippen LogP contribution in [0.2, 0.25) is 0 Å². The van der Waals surface area contributed by atoms with Crippen molar-refractivity contribution in [3.8, 4) is 0 Å². The van der Waals surface area contributed by atoms with E-state index >= 15 is 0 Å². The number of urea groups is 2. The van der Waals surface area contributed by atoms with E-state index in [1.807, 2.05) is 0 Å². The van der Waals surface area contributed by atoms with Gasteiger partial charge in [0.2, 0.25) is 0 Å². The number of rotatable bonds is 3. The first-order valence-corrected chi connectivity index (χ1v) is 6.31. The van der Waals surface area contributed by atoms with Crippen molar-refractivity contribution < 1.29 is 24.5 Å². The second-order valence-electron chi connectivity index (χ2n) is 4.56. The van der Waals surface area contributed by atoms with Crippen molar-refractivity contribution in [2.24, 2.45) is 5.73 Å². The molecular formula is C11H15N5O6. The number of primary amides is 1. The SMILES string of the molecule is NC(=O)NC(=O)Nc1ccn(C2CC(O)C(CO)O2)c(=O)n1. The van der Waals surface area contributed by atoms with Crippen molar-refractivity contribution in [2.75, 3.05) is 11.9 Å². The molecule has 4 amide bonds. The van der Waals surface area contributed by atoms with Gasteiger partial charge in [0, 0.05) is 12.6 Å². The predicted octanol–water partition coefficient (Wildman–Crippen LogP) is -1.92. The summed E-state index contributed by atoms with van der Waals surface area (Å²) in [4.78, 5) is 37.2. The molecule has 6 N–H and O–H groups in total. The van der Waals surface area contributed by atoms with Gasteiger partial charge in [-0.3, -0.25) is 15.2 Å². The van der Waals surface area contributed by atoms with Crippen molar-refractivity contribution in [3.05, 3.63) is 22.7 Å². The molecule has 0 aromatic carbocycles. The highest BCUT2D eigenvalue weighted by molar-refractivity contribution is 5.99. The smallest absolute Gasteiger partial charge is 0.351 e. The standard InChI is InChI=1S/C11H15N5O6/c12-9(19)15-10(20)13-7-1-2-16(11(21)14-7)8-3-5(18)6(4-17)22-8/h1-2,5-6,8,17-18H,3-4H2,(H4,12,13,14,15,19,20,21). The van der Waals surface area contributed by atoms with Crippen LogP contribution < -0.4 is 22.1 Å². The van der Waals surface area contributed by atoms with E-state index in [-0.39, 0.29) is 18.8 Å². The first-order valence-electron chi connectivity index (χ1n) is 6.31. The van der Waals surface area contributed by atoms with Gasteiger partial charge in [0.25, 0.3) is 0 Å². The van der Waals surface area contributed by atoms with Gasteiger partial charge in [0.05, 0.1) is 12.7 Å². The minimum atomic E-state index is -1.05. The zero-order valence-corrected chi connectivity index (χ0v) is 11.3. The number of aliphatic hydroxyl groups excluding tert-OH is 2. The summed E-state index contributed by atoms with van der Waals surface area (Å²) >= 11 is 0. The molecule has 1 saturated heterocycles. The Morgan fingerprint density at radius 2 is 2.27 bits per heavy atom. The molecule has 11 nitrogen and oxygen atoms in total. The Balaban J connectivity index is 2.09. The number of ether oxygens (including phenoxy) is 1. The van der Waals surface area contributed by atoms with Crippen molar-refractivity contribution in [3.63, 3.8) is 0 Å². The lowest BCUT2D eigenvalue weighted by Crippen LogP contribution is -2.38. The molecule has 3 unspecified atom stereocenters. The van der Waals surface area contributed by atoms with Crippen molar-refractivity contribution in [1.29, 1.82) is 0 Å². The molecule has 22 heavy (non-hydrogen) atoms. The molecule has 1 fully saturated rings. The highest BCUT2D eigenvalue weighted by atomic mass is 16.5. The fraction of sp³-hybridized carbons (Fsp3) is 0.455. The first-order chi connectivity index (χ1) is 10.4. The molecule has 0 saturated carbocycles. The summed E-state index contributed by atoms with van der Waals surface area (Å²) < 4.78 is 6.45. The monoisotopic (exact) mass is 313 g/mol. The number of anilines is 1. The number of aromatic nitrogens is 2. The lowest BCUT2D eigenvalue weighted by atomic mass is 10.2. The molecule has 0 aliphatic carbocycles. The fourth-order valence-corrected chi connectivity index (χ4v) is 2.01. The van der Waals surface area contributed by atoms with E-state index in [1.54, 1.807) is 5.32 Å². The number of nitrogens with two attached hydrogens (primary N) is 1. The van der Waals surface area contributed by atoms with Gasteiger partial charge in [0.1, 0.15) is 18.1 Å². The Hall–Kier alpha value is -2.50. The molecule has 120 valence electrons. The number of hydrogen-bond acceptors (Lipinski definition) is 7. The van der Waals surface area contributed by atoms with Gasteiger partial charge in [-0.1, -0.05) is 0 Å². The zero-order chi connectivity index (χ0) is 16.3. The van der Waals surface area contributed by atoms with Gasteiger partial charge in [-0.2, -0.15) is 4.98 Å². The van der Waals surface area contributed by atoms with E-state index in [2.05, 4.69) is 10.3 Å². The Morgan fingerprint density at radius 3 is 2.82 bits per heavy atom. The molecule has 2 heterocycles. The molecule has 1 aliphatic rings. The minimum Gasteiger partial charge on any atom is -0.394 e. The maximum atomic E-state index is 11.9. The van der Waals surface area contributed by atoms with Gasteiger partial charge >= 0.3 is 17.8 Å². The molecular weight excluding hydrogens is 298 g/mol. The number of carbonyl (C=O) groups is 2. The number of imide groups is 1. The van der Waals surface area contributed by atoms with Gasteiger partial charge in [-0.05, 0) is 6.07 Å². The Bertz CT molecular complexity index is 632. The second kappa shape index (κ2) is 6.51. The Labute approximate surface area is 123 Å². The highest BCUT2D eigenvalue weighted by Crippen LogP contribution is 2.27. The van der Waals surface area contributed by atoms with E-state index in [0.717, 1.165) is 4.57 Å². The van der Waals surface area contributed by atoms with Gasteiger partial charge < -0.3 is 20.7 Å². The summed E-state index contributed by atoms with van der Waals surface area (Å²) in [7, 11) is 0. The van der Waals surface area contributed by atoms with Crippen LogP contribution in [0.1, 0.15) is 12.6 Å². The van der Waals surface area contributed by atoms with Crippen LogP contribution in [0.25, 0.3) is 0 Å². The minimum absolute atomic E-state index is 0.0859. The topological polar surface area (TPSA) is 169 Å². The normalized spacial score (nSPS) is 24.0. The maximum absolute atomic E-state index is 11.9. The third-order valence-electron chi connectivity index (χ3n) is 3.00. The molecule has 3 atom stereocenters. The van der Waals surface area contributed by atoms with Crippen LogP contribution in [0.15, 0.2) is 17.1 Å². The summed E-state index contributed by atoms with van der Waals surface area (Å²) in [6.07, 6.45) is -0.980. The third kappa shape index (κ3) is 3.58. The molecule has 0 radical (unpaired) electrons. The van der Waals surface area contributed by atoms with E-state index in [4.69, 9.17) is 15.6 Å². The van der Waals surface area contributed by atoms with Crippen LogP contribution in [0.3, 0.4) is 0 Å². The molecule has 0 bridgehead atoms. The molecule has 0 spiro atoms. The van der Waals surface area contributed by atoms with Crippen LogP contribution in [-0.4, -0.2) is 50.6 Å². The molecule has 1 aromatic rings. The van der Waals surface area contributed by atoms with E-state index in [0.29, 0.717) is 0 Å².